The molecule has 0 saturated carbocycles. The first-order chi connectivity index (χ1) is 17.4. The minimum absolute atomic E-state index is 0.0612. The molecular formula is C25H26N2O8S. The van der Waals surface area contributed by atoms with E-state index in [0.29, 0.717) is 11.4 Å². The molecule has 0 aliphatic carbocycles. The molecule has 11 heteroatoms. The average Bonchev–Trinajstić information content (AvgIpc) is 3.46. The Morgan fingerprint density at radius 1 is 0.944 bits per heavy atom. The Kier molecular flexibility index (Phi) is 6.71. The van der Waals surface area contributed by atoms with Crippen LogP contribution in [0.2, 0.25) is 0 Å². The summed E-state index contributed by atoms with van der Waals surface area (Å²) in [5, 5.41) is 4.65. The van der Waals surface area contributed by atoms with E-state index in [1.807, 2.05) is 36.4 Å². The molecule has 2 fully saturated rings. The Labute approximate surface area is 208 Å². The van der Waals surface area contributed by atoms with Gasteiger partial charge in [-0.2, -0.15) is 0 Å². The van der Waals surface area contributed by atoms with E-state index in [2.05, 4.69) is 10.0 Å². The molecule has 0 bridgehead atoms. The summed E-state index contributed by atoms with van der Waals surface area (Å²) >= 11 is 0. The maximum Gasteiger partial charge on any atom is 0.412 e. The number of carbonyl (C=O) groups excluding carboxylic acids is 1. The predicted octanol–water partition coefficient (Wildman–Crippen LogP) is 2.92. The molecule has 2 N–H and O–H groups in total. The molecule has 3 aromatic rings. The third kappa shape index (κ3) is 4.70. The summed E-state index contributed by atoms with van der Waals surface area (Å²) in [6.45, 7) is 0.144. The molecule has 10 nitrogen and oxygen atoms in total. The summed E-state index contributed by atoms with van der Waals surface area (Å²) in [7, 11) is -1.16. The summed E-state index contributed by atoms with van der Waals surface area (Å²) in [6.07, 6.45) is -2.56. The van der Waals surface area contributed by atoms with Crippen molar-refractivity contribution in [2.45, 2.75) is 29.2 Å². The van der Waals surface area contributed by atoms with Crippen LogP contribution in [-0.2, 0) is 24.2 Å². The van der Waals surface area contributed by atoms with Crippen molar-refractivity contribution in [3.8, 4) is 11.5 Å². The Morgan fingerprint density at radius 3 is 2.53 bits per heavy atom. The first-order valence-corrected chi connectivity index (χ1v) is 12.8. The number of hydrogen-bond acceptors (Lipinski definition) is 8. The van der Waals surface area contributed by atoms with Crippen LogP contribution < -0.4 is 19.5 Å². The van der Waals surface area contributed by atoms with Crippen molar-refractivity contribution in [2.24, 2.45) is 0 Å². The lowest BCUT2D eigenvalue weighted by Gasteiger charge is -2.19. The summed E-state index contributed by atoms with van der Waals surface area (Å²) in [4.78, 5) is 12.6. The highest BCUT2D eigenvalue weighted by Gasteiger charge is 2.50. The van der Waals surface area contributed by atoms with Gasteiger partial charge in [0.1, 0.15) is 28.6 Å². The van der Waals surface area contributed by atoms with Crippen LogP contribution in [0, 0.1) is 0 Å². The van der Waals surface area contributed by atoms with Crippen molar-refractivity contribution < 1.29 is 36.9 Å². The first-order valence-electron chi connectivity index (χ1n) is 11.3. The largest absolute Gasteiger partial charge is 0.497 e. The standard InChI is InChI=1S/C25H26N2O8S/c1-31-16-10-11-20(32-2)22(12-16)36(29,30)27-19-13-33-24-21(14-34-23(19)24)35-25(28)26-18-9-5-7-15-6-3-4-8-17(15)18/h3-12,19,21,23-24,27H,13-14H2,1-2H3,(H,26,28)/t19-,21+,23+,24+/m0/s1. The highest BCUT2D eigenvalue weighted by atomic mass is 32.2. The van der Waals surface area contributed by atoms with Crippen LogP contribution in [0.3, 0.4) is 0 Å². The average molecular weight is 515 g/mol. The summed E-state index contributed by atoms with van der Waals surface area (Å²) < 4.78 is 56.5. The summed E-state index contributed by atoms with van der Waals surface area (Å²) in [6, 6.07) is 17.1. The summed E-state index contributed by atoms with van der Waals surface area (Å²) in [5.41, 5.74) is 0.624. The lowest BCUT2D eigenvalue weighted by Crippen LogP contribution is -2.44. The molecule has 4 atom stereocenters. The van der Waals surface area contributed by atoms with Gasteiger partial charge in [-0.1, -0.05) is 36.4 Å². The van der Waals surface area contributed by atoms with Crippen molar-refractivity contribution in [2.75, 3.05) is 32.8 Å². The fourth-order valence-corrected chi connectivity index (χ4v) is 5.95. The molecule has 1 amide bonds. The predicted molar refractivity (Wildman–Crippen MR) is 131 cm³/mol. The van der Waals surface area contributed by atoms with E-state index < -0.39 is 40.5 Å². The molecule has 0 aromatic heterocycles. The van der Waals surface area contributed by atoms with Crippen molar-refractivity contribution in [1.29, 1.82) is 0 Å². The minimum atomic E-state index is -3.99. The molecule has 36 heavy (non-hydrogen) atoms. The van der Waals surface area contributed by atoms with Gasteiger partial charge in [-0.25, -0.2) is 17.9 Å². The number of anilines is 1. The molecule has 0 radical (unpaired) electrons. The maximum absolute atomic E-state index is 13.1. The fourth-order valence-electron chi connectivity index (χ4n) is 4.53. The van der Waals surface area contributed by atoms with Gasteiger partial charge < -0.3 is 23.7 Å². The van der Waals surface area contributed by atoms with Crippen molar-refractivity contribution >= 4 is 32.6 Å². The van der Waals surface area contributed by atoms with Crippen molar-refractivity contribution in [3.63, 3.8) is 0 Å². The highest BCUT2D eigenvalue weighted by Crippen LogP contribution is 2.33. The molecule has 3 aromatic carbocycles. The quantitative estimate of drug-likeness (QED) is 0.494. The van der Waals surface area contributed by atoms with Gasteiger partial charge in [-0.3, -0.25) is 5.32 Å². The number of hydrogen-bond donors (Lipinski definition) is 2. The van der Waals surface area contributed by atoms with Gasteiger partial charge in [-0.05, 0) is 23.6 Å². The Hall–Kier alpha value is -3.38. The highest BCUT2D eigenvalue weighted by molar-refractivity contribution is 7.89. The molecular weight excluding hydrogens is 488 g/mol. The summed E-state index contributed by atoms with van der Waals surface area (Å²) in [5.74, 6) is 0.553. The van der Waals surface area contributed by atoms with Gasteiger partial charge in [0.2, 0.25) is 10.0 Å². The van der Waals surface area contributed by atoms with Crippen molar-refractivity contribution in [1.82, 2.24) is 4.72 Å². The third-order valence-corrected chi connectivity index (χ3v) is 7.77. The fraction of sp³-hybridized carbons (Fsp3) is 0.320. The molecule has 2 aliphatic rings. The van der Waals surface area contributed by atoms with E-state index in [4.69, 9.17) is 23.7 Å². The van der Waals surface area contributed by atoms with Crippen LogP contribution in [0.4, 0.5) is 10.5 Å². The van der Waals surface area contributed by atoms with E-state index in [1.165, 1.54) is 26.4 Å². The molecule has 5 rings (SSSR count). The number of nitrogens with one attached hydrogen (secondary N) is 2. The molecule has 0 spiro atoms. The smallest absolute Gasteiger partial charge is 0.412 e. The zero-order chi connectivity index (χ0) is 25.3. The molecule has 2 heterocycles. The number of methoxy groups -OCH3 is 2. The zero-order valence-corrected chi connectivity index (χ0v) is 20.5. The lowest BCUT2D eigenvalue weighted by molar-refractivity contribution is 0.00884. The van der Waals surface area contributed by atoms with E-state index in [1.54, 1.807) is 12.1 Å². The number of fused-ring (bicyclic) bond motifs is 2. The number of amides is 1. The lowest BCUT2D eigenvalue weighted by atomic mass is 10.1. The van der Waals surface area contributed by atoms with Crippen LogP contribution in [-0.4, -0.2) is 66.3 Å². The van der Waals surface area contributed by atoms with Crippen LogP contribution in [0.1, 0.15) is 0 Å². The van der Waals surface area contributed by atoms with Crippen molar-refractivity contribution in [3.05, 3.63) is 60.7 Å². The molecule has 2 saturated heterocycles. The van der Waals surface area contributed by atoms with Crippen LogP contribution in [0.5, 0.6) is 11.5 Å². The number of ether oxygens (including phenoxy) is 5. The third-order valence-electron chi connectivity index (χ3n) is 6.26. The monoisotopic (exact) mass is 514 g/mol. The molecule has 190 valence electrons. The Morgan fingerprint density at radius 2 is 1.72 bits per heavy atom. The van der Waals surface area contributed by atoms with E-state index in [-0.39, 0.29) is 23.9 Å². The van der Waals surface area contributed by atoms with Gasteiger partial charge >= 0.3 is 6.09 Å². The van der Waals surface area contributed by atoms with Gasteiger partial charge in [0, 0.05) is 11.5 Å². The minimum Gasteiger partial charge on any atom is -0.497 e. The van der Waals surface area contributed by atoms with Gasteiger partial charge in [-0.15, -0.1) is 0 Å². The van der Waals surface area contributed by atoms with E-state index in [9.17, 15) is 13.2 Å². The normalized spacial score (nSPS) is 23.3. The second-order valence-electron chi connectivity index (χ2n) is 8.44. The van der Waals surface area contributed by atoms with Gasteiger partial charge in [0.25, 0.3) is 0 Å². The number of sulfonamides is 1. The maximum atomic E-state index is 13.1. The Bertz CT molecular complexity index is 1370. The van der Waals surface area contributed by atoms with E-state index >= 15 is 0 Å². The van der Waals surface area contributed by atoms with Crippen LogP contribution >= 0.6 is 0 Å². The molecule has 2 aliphatic heterocycles. The number of carbonyl (C=O) groups is 1. The van der Waals surface area contributed by atoms with Crippen LogP contribution in [0.15, 0.2) is 65.6 Å². The molecule has 0 unspecified atom stereocenters. The topological polar surface area (TPSA) is 121 Å². The van der Waals surface area contributed by atoms with E-state index in [0.717, 1.165) is 10.8 Å². The Balaban J connectivity index is 1.25. The van der Waals surface area contributed by atoms with Gasteiger partial charge in [0.05, 0.1) is 39.2 Å². The van der Waals surface area contributed by atoms with Gasteiger partial charge in [0.15, 0.2) is 6.10 Å². The van der Waals surface area contributed by atoms with Crippen LogP contribution in [0.25, 0.3) is 10.8 Å². The second kappa shape index (κ2) is 9.94. The second-order valence-corrected chi connectivity index (χ2v) is 10.1. The number of rotatable bonds is 7. The SMILES string of the molecule is COc1ccc(OC)c(S(=O)(=O)N[C@H]2CO[C@H]3[C@@H]2OC[C@H]3OC(=O)Nc2cccc3ccccc23)c1. The first kappa shape index (κ1) is 24.3. The number of benzene rings is 3. The zero-order valence-electron chi connectivity index (χ0n) is 19.7.